The van der Waals surface area contributed by atoms with E-state index in [0.717, 1.165) is 6.07 Å². The molecule has 4 N–H and O–H groups in total. The van der Waals surface area contributed by atoms with Gasteiger partial charge in [-0.15, -0.1) is 5.10 Å². The van der Waals surface area contributed by atoms with Crippen LogP contribution < -0.4 is 5.32 Å². The predicted octanol–water partition coefficient (Wildman–Crippen LogP) is 2.18. The Labute approximate surface area is 230 Å². The molecular formula is C24H31FN6O4S. The molecule has 36 heavy (non-hydrogen) atoms. The summed E-state index contributed by atoms with van der Waals surface area (Å²) in [5.74, 6) is -2.48. The molecule has 10 nitrogen and oxygen atoms in total. The summed E-state index contributed by atoms with van der Waals surface area (Å²) in [6, 6.07) is -2.25. The fourth-order valence-corrected chi connectivity index (χ4v) is 3.92. The first-order chi connectivity index (χ1) is 22.1. The van der Waals surface area contributed by atoms with Gasteiger partial charge in [0.05, 0.1) is 34.9 Å². The molecule has 12 heteroatoms. The summed E-state index contributed by atoms with van der Waals surface area (Å²) in [7, 11) is 0. The number of benzene rings is 1. The van der Waals surface area contributed by atoms with Crippen LogP contribution in [0.15, 0.2) is 23.4 Å². The summed E-state index contributed by atoms with van der Waals surface area (Å²) in [4.78, 5) is 8.26. The van der Waals surface area contributed by atoms with Gasteiger partial charge in [0, 0.05) is 32.2 Å². The summed E-state index contributed by atoms with van der Waals surface area (Å²) in [6.45, 7) is -1.89. The maximum atomic E-state index is 14.4. The van der Waals surface area contributed by atoms with Gasteiger partial charge in [0.25, 0.3) is 0 Å². The Morgan fingerprint density at radius 1 is 1.33 bits per heavy atom. The molecule has 6 atom stereocenters. The maximum absolute atomic E-state index is 14.4. The summed E-state index contributed by atoms with van der Waals surface area (Å²) >= 11 is 0.393. The van der Waals surface area contributed by atoms with E-state index in [1.807, 2.05) is 0 Å². The molecule has 194 valence electrons. The number of ether oxygens (including phenoxy) is 1. The minimum Gasteiger partial charge on any atom is -0.394 e. The average molecular weight is 532 g/mol. The van der Waals surface area contributed by atoms with Gasteiger partial charge in [-0.05, 0) is 36.9 Å². The molecule has 0 bridgehead atoms. The minimum absolute atomic E-state index is 0.0897. The molecule has 2 aromatic heterocycles. The van der Waals surface area contributed by atoms with Crippen molar-refractivity contribution in [2.24, 2.45) is 0 Å². The molecule has 2 aliphatic carbocycles. The van der Waals surface area contributed by atoms with Crippen molar-refractivity contribution in [2.45, 2.75) is 74.4 Å². The molecule has 0 saturated heterocycles. The Balaban J connectivity index is 1.72. The zero-order valence-corrected chi connectivity index (χ0v) is 19.8. The number of rotatable bonds is 10. The lowest BCUT2D eigenvalue weighted by Crippen LogP contribution is -2.33. The Kier molecular flexibility index (Phi) is 4.09. The van der Waals surface area contributed by atoms with Gasteiger partial charge in [0.2, 0.25) is 0 Å². The predicted molar refractivity (Wildman–Crippen MR) is 133 cm³/mol. The fourth-order valence-electron chi connectivity index (χ4n) is 3.38. The number of hydrogen-bond donors (Lipinski definition) is 4. The average Bonchev–Trinajstić information content (AvgIpc) is 3.21. The number of aliphatic hydroxyl groups is 3. The molecule has 3 aromatic rings. The number of hydrogen-bond acceptors (Lipinski definition) is 10. The molecule has 2 saturated carbocycles. The normalized spacial score (nSPS) is 46.7. The first kappa shape index (κ1) is 14.0. The fraction of sp³-hybridized carbons (Fsp3) is 0.583. The highest BCUT2D eigenvalue weighted by Gasteiger charge is 2.45. The van der Waals surface area contributed by atoms with Crippen LogP contribution in [0.1, 0.15) is 67.0 Å². The van der Waals surface area contributed by atoms with E-state index in [-0.39, 0.29) is 22.2 Å². The third-order valence-corrected chi connectivity index (χ3v) is 6.02. The van der Waals surface area contributed by atoms with Crippen molar-refractivity contribution < 1.29 is 42.3 Å². The van der Waals surface area contributed by atoms with Crippen LogP contribution in [-0.2, 0) is 4.74 Å². The first-order valence-electron chi connectivity index (χ1n) is 17.3. The van der Waals surface area contributed by atoms with Gasteiger partial charge < -0.3 is 25.4 Å². The second kappa shape index (κ2) is 10.5. The first-order valence-corrected chi connectivity index (χ1v) is 11.6. The Hall–Kier alpha value is -2.38. The quantitative estimate of drug-likeness (QED) is 0.227. The number of aryl methyl sites for hydroxylation is 1. The number of fused-ring (bicyclic) bond motifs is 1. The van der Waals surface area contributed by atoms with Crippen molar-refractivity contribution >= 4 is 28.7 Å². The second-order valence-electron chi connectivity index (χ2n) is 7.66. The Morgan fingerprint density at radius 3 is 2.92 bits per heavy atom. The van der Waals surface area contributed by atoms with Crippen LogP contribution in [0.3, 0.4) is 0 Å². The van der Waals surface area contributed by atoms with Gasteiger partial charge >= 0.3 is 0 Å². The van der Waals surface area contributed by atoms with Gasteiger partial charge in [-0.3, -0.25) is 0 Å². The number of aliphatic hydroxyl groups excluding tert-OH is 1. The molecule has 2 fully saturated rings. The largest absolute Gasteiger partial charge is 0.394 e. The highest BCUT2D eigenvalue weighted by molar-refractivity contribution is 7.99. The molecule has 2 aliphatic rings. The number of thioether (sulfide) groups is 1. The number of anilines is 1. The molecular weight excluding hydrogens is 487 g/mol. The Morgan fingerprint density at radius 2 is 2.17 bits per heavy atom. The van der Waals surface area contributed by atoms with Crippen LogP contribution in [0.2, 0.25) is 0 Å². The topological polar surface area (TPSA) is 138 Å². The number of nitrogens with one attached hydrogen (secondary N) is 1. The second-order valence-corrected chi connectivity index (χ2v) is 8.52. The number of aromatic nitrogens is 5. The van der Waals surface area contributed by atoms with Crippen molar-refractivity contribution in [3.63, 3.8) is 0 Å². The van der Waals surface area contributed by atoms with Gasteiger partial charge in [-0.2, -0.15) is 0 Å². The summed E-state index contributed by atoms with van der Waals surface area (Å²) in [5.41, 5.74) is -3.05. The molecule has 0 aliphatic heterocycles. The molecule has 0 amide bonds. The van der Waals surface area contributed by atoms with E-state index in [0.29, 0.717) is 11.8 Å². The summed E-state index contributed by atoms with van der Waals surface area (Å²) in [6.07, 6.45) is -18.9. The van der Waals surface area contributed by atoms with Gasteiger partial charge in [-0.25, -0.2) is 19.0 Å². The highest BCUT2D eigenvalue weighted by atomic mass is 32.2. The summed E-state index contributed by atoms with van der Waals surface area (Å²) in [5, 5.41) is 41.1. The third-order valence-electron chi connectivity index (χ3n) is 5.22. The standard InChI is InChI=1S/C24H31FN6O4S/c1-3-8-36-24-27-22(26-16-10-14(16)13-5-4-12(2)15(25)9-13)19-23(28-24)31(30-29-19)17-11-18(35-7-6-32)21(34)20(17)33/h4-5,9,14,16-18,20-21,32-34H,3,6-8,10-11H2,1-2H3,(H,26,27,28)/t14-,16+,17+,18-,20-,21+/m0/s1/i7D2,8D2,10D2,11D2,16D,17D,18D,20D,21D. The van der Waals surface area contributed by atoms with E-state index in [2.05, 4.69) is 30.3 Å². The van der Waals surface area contributed by atoms with Gasteiger partial charge in [-0.1, -0.05) is 36.0 Å². The van der Waals surface area contributed by atoms with E-state index < -0.39 is 95.8 Å². The molecule has 0 radical (unpaired) electrons. The Bertz CT molecular complexity index is 1820. The lowest BCUT2D eigenvalue weighted by atomic mass is 10.1. The van der Waals surface area contributed by atoms with E-state index in [1.54, 1.807) is 0 Å². The molecule has 5 rings (SSSR count). The van der Waals surface area contributed by atoms with E-state index in [9.17, 15) is 19.7 Å². The van der Waals surface area contributed by atoms with Crippen LogP contribution in [0.5, 0.6) is 0 Å². The monoisotopic (exact) mass is 531 g/mol. The van der Waals surface area contributed by atoms with Crippen LogP contribution in [-0.4, -0.2) is 83.4 Å². The number of halogens is 1. The van der Waals surface area contributed by atoms with Crippen LogP contribution >= 0.6 is 11.8 Å². The van der Waals surface area contributed by atoms with Crippen LogP contribution in [0.25, 0.3) is 11.2 Å². The lowest BCUT2D eigenvalue weighted by Gasteiger charge is -2.17. The molecule has 0 spiro atoms. The van der Waals surface area contributed by atoms with Crippen molar-refractivity contribution in [1.29, 1.82) is 0 Å². The third kappa shape index (κ3) is 4.92. The molecule has 1 aromatic carbocycles. The van der Waals surface area contributed by atoms with E-state index in [1.165, 1.54) is 26.0 Å². The van der Waals surface area contributed by atoms with E-state index in [4.69, 9.17) is 17.8 Å². The highest BCUT2D eigenvalue weighted by Crippen LogP contribution is 2.44. The summed E-state index contributed by atoms with van der Waals surface area (Å²) < 4.78 is 129. The zero-order chi connectivity index (χ0) is 37.2. The van der Waals surface area contributed by atoms with Crippen molar-refractivity contribution in [1.82, 2.24) is 25.0 Å². The zero-order valence-electron chi connectivity index (χ0n) is 32.0. The SMILES string of the molecule is [2H]C([2H])(CO)O[C@@]1([2H])C([2H])([2H])[C@@]([2H])(n2nnc3c(N[C@@]4([2H])[C@H](c5ccc(C)c(F)c5)C4([2H])[2H])nc(SC([2H])([2H])CC)nc32)[C@]([2H])(O)[C@]1([2H])O. The minimum atomic E-state index is -4.19. The lowest BCUT2D eigenvalue weighted by molar-refractivity contribution is -0.0629. The van der Waals surface area contributed by atoms with Crippen LogP contribution in [0, 0.1) is 12.7 Å². The smallest absolute Gasteiger partial charge is 0.191 e. The molecule has 0 unspecified atom stereocenters. The molecule has 2 heterocycles. The van der Waals surface area contributed by atoms with Crippen LogP contribution in [0.4, 0.5) is 10.2 Å². The van der Waals surface area contributed by atoms with Crippen molar-refractivity contribution in [3.05, 3.63) is 35.1 Å². The number of nitrogens with zero attached hydrogens (tertiary/aromatic N) is 5. The van der Waals surface area contributed by atoms with Crippen molar-refractivity contribution in [3.8, 4) is 0 Å². The maximum Gasteiger partial charge on any atom is 0.191 e. The van der Waals surface area contributed by atoms with Gasteiger partial charge in [0.1, 0.15) is 18.0 Å². The van der Waals surface area contributed by atoms with E-state index >= 15 is 0 Å². The van der Waals surface area contributed by atoms with Crippen molar-refractivity contribution in [2.75, 3.05) is 24.2 Å². The van der Waals surface area contributed by atoms with Gasteiger partial charge in [0.15, 0.2) is 22.1 Å².